The lowest BCUT2D eigenvalue weighted by Crippen LogP contribution is -2.38. The van der Waals surface area contributed by atoms with Crippen LogP contribution in [0.25, 0.3) is 5.13 Å². The van der Waals surface area contributed by atoms with E-state index in [4.69, 9.17) is 4.74 Å². The van der Waals surface area contributed by atoms with E-state index in [1.165, 1.54) is 0 Å². The van der Waals surface area contributed by atoms with E-state index in [2.05, 4.69) is 20.4 Å². The van der Waals surface area contributed by atoms with Crippen molar-refractivity contribution in [1.29, 1.82) is 0 Å². The molecule has 2 aromatic heterocycles. The van der Waals surface area contributed by atoms with Crippen LogP contribution >= 0.6 is 11.3 Å². The van der Waals surface area contributed by atoms with Crippen molar-refractivity contribution >= 4 is 34.0 Å². The molecule has 0 saturated carbocycles. The zero-order chi connectivity index (χ0) is 20.9. The standard InChI is InChI=1S/C21H23N5O3S/c1-2-29-19(28)16-5-7-17(8-6-16)22-18(27)15-9-13-26(14-10-15)21-24-23-20(30-21)25-11-3-4-12-25/h3-8,11-12,15H,2,9-10,13-14H2,1H3,(H,22,27). The molecule has 9 heteroatoms. The molecule has 156 valence electrons. The van der Waals surface area contributed by atoms with Gasteiger partial charge in [0.05, 0.1) is 12.2 Å². The summed E-state index contributed by atoms with van der Waals surface area (Å²) in [6.07, 6.45) is 5.40. The van der Waals surface area contributed by atoms with Crippen molar-refractivity contribution in [3.63, 3.8) is 0 Å². The Kier molecular flexibility index (Phi) is 6.08. The van der Waals surface area contributed by atoms with Gasteiger partial charge in [0, 0.05) is 37.1 Å². The lowest BCUT2D eigenvalue weighted by atomic mass is 9.96. The summed E-state index contributed by atoms with van der Waals surface area (Å²) in [5.74, 6) is -0.411. The highest BCUT2D eigenvalue weighted by Gasteiger charge is 2.27. The quantitative estimate of drug-likeness (QED) is 0.609. The highest BCUT2D eigenvalue weighted by Crippen LogP contribution is 2.28. The van der Waals surface area contributed by atoms with E-state index < -0.39 is 0 Å². The van der Waals surface area contributed by atoms with Crippen molar-refractivity contribution in [2.24, 2.45) is 5.92 Å². The Hall–Kier alpha value is -3.20. The van der Waals surface area contributed by atoms with Gasteiger partial charge in [0.15, 0.2) is 0 Å². The SMILES string of the molecule is CCOC(=O)c1ccc(NC(=O)C2CCN(c3nnc(-n4cccc4)s3)CC2)cc1. The van der Waals surface area contributed by atoms with Gasteiger partial charge in [0.1, 0.15) is 0 Å². The molecule has 0 radical (unpaired) electrons. The molecule has 0 spiro atoms. The van der Waals surface area contributed by atoms with Crippen LogP contribution in [0.3, 0.4) is 0 Å². The van der Waals surface area contributed by atoms with Gasteiger partial charge in [-0.1, -0.05) is 11.3 Å². The molecular formula is C21H23N5O3S. The monoisotopic (exact) mass is 425 g/mol. The third-order valence-corrected chi connectivity index (χ3v) is 6.03. The summed E-state index contributed by atoms with van der Waals surface area (Å²) in [5, 5.41) is 13.2. The fourth-order valence-corrected chi connectivity index (χ4v) is 4.25. The zero-order valence-corrected chi connectivity index (χ0v) is 17.5. The lowest BCUT2D eigenvalue weighted by Gasteiger charge is -2.30. The molecule has 1 fully saturated rings. The average molecular weight is 426 g/mol. The highest BCUT2D eigenvalue weighted by atomic mass is 32.1. The van der Waals surface area contributed by atoms with Crippen LogP contribution in [0, 0.1) is 5.92 Å². The summed E-state index contributed by atoms with van der Waals surface area (Å²) in [5.41, 5.74) is 1.15. The summed E-state index contributed by atoms with van der Waals surface area (Å²) in [6.45, 7) is 3.63. The second-order valence-corrected chi connectivity index (χ2v) is 7.94. The molecule has 30 heavy (non-hydrogen) atoms. The Morgan fingerprint density at radius 3 is 2.43 bits per heavy atom. The number of aromatic nitrogens is 3. The average Bonchev–Trinajstić information content (AvgIpc) is 3.46. The number of piperidine rings is 1. The molecule has 4 rings (SSSR count). The van der Waals surface area contributed by atoms with Crippen molar-refractivity contribution in [1.82, 2.24) is 14.8 Å². The van der Waals surface area contributed by atoms with Gasteiger partial charge >= 0.3 is 5.97 Å². The predicted octanol–water partition coefficient (Wildman–Crippen LogP) is 3.36. The van der Waals surface area contributed by atoms with Crippen LogP contribution in [0.1, 0.15) is 30.1 Å². The Morgan fingerprint density at radius 1 is 1.10 bits per heavy atom. The van der Waals surface area contributed by atoms with Gasteiger partial charge in [-0.15, -0.1) is 10.2 Å². The number of amides is 1. The number of nitrogens with zero attached hydrogens (tertiary/aromatic N) is 4. The van der Waals surface area contributed by atoms with Crippen molar-refractivity contribution in [2.75, 3.05) is 29.9 Å². The summed E-state index contributed by atoms with van der Waals surface area (Å²) in [7, 11) is 0. The maximum Gasteiger partial charge on any atom is 0.338 e. The molecule has 1 aliphatic rings. The molecular weight excluding hydrogens is 402 g/mol. The number of esters is 1. The molecule has 1 N–H and O–H groups in total. The normalized spacial score (nSPS) is 14.5. The minimum Gasteiger partial charge on any atom is -0.462 e. The highest BCUT2D eigenvalue weighted by molar-refractivity contribution is 7.17. The van der Waals surface area contributed by atoms with Crippen LogP contribution in [-0.4, -0.2) is 46.3 Å². The van der Waals surface area contributed by atoms with Gasteiger partial charge in [-0.25, -0.2) is 4.79 Å². The zero-order valence-electron chi connectivity index (χ0n) is 16.7. The molecule has 1 aromatic carbocycles. The van der Waals surface area contributed by atoms with Gasteiger partial charge in [-0.05, 0) is 56.2 Å². The van der Waals surface area contributed by atoms with Crippen LogP contribution in [0.5, 0.6) is 0 Å². The number of hydrogen-bond donors (Lipinski definition) is 1. The van der Waals surface area contributed by atoms with E-state index in [-0.39, 0.29) is 17.8 Å². The Morgan fingerprint density at radius 2 is 1.77 bits per heavy atom. The second kappa shape index (κ2) is 9.08. The first kappa shape index (κ1) is 20.1. The number of hydrogen-bond acceptors (Lipinski definition) is 7. The molecule has 3 aromatic rings. The van der Waals surface area contributed by atoms with Gasteiger partial charge < -0.3 is 15.0 Å². The number of ether oxygens (including phenoxy) is 1. The van der Waals surface area contributed by atoms with Crippen LogP contribution < -0.4 is 10.2 Å². The van der Waals surface area contributed by atoms with Crippen molar-refractivity contribution < 1.29 is 14.3 Å². The fraction of sp³-hybridized carbons (Fsp3) is 0.333. The lowest BCUT2D eigenvalue weighted by molar-refractivity contribution is -0.120. The van der Waals surface area contributed by atoms with Crippen molar-refractivity contribution in [3.8, 4) is 5.13 Å². The predicted molar refractivity (Wildman–Crippen MR) is 115 cm³/mol. The first-order valence-corrected chi connectivity index (χ1v) is 10.8. The van der Waals surface area contributed by atoms with Crippen molar-refractivity contribution in [3.05, 3.63) is 54.4 Å². The number of anilines is 2. The van der Waals surface area contributed by atoms with E-state index in [1.807, 2.05) is 29.1 Å². The van der Waals surface area contributed by atoms with Gasteiger partial charge in [-0.3, -0.25) is 9.36 Å². The summed E-state index contributed by atoms with van der Waals surface area (Å²) >= 11 is 1.54. The molecule has 1 saturated heterocycles. The third kappa shape index (κ3) is 4.51. The second-order valence-electron chi connectivity index (χ2n) is 7.01. The smallest absolute Gasteiger partial charge is 0.338 e. The molecule has 0 bridgehead atoms. The van der Waals surface area contributed by atoms with Crippen LogP contribution in [0.15, 0.2) is 48.8 Å². The summed E-state index contributed by atoms with van der Waals surface area (Å²) < 4.78 is 6.91. The van der Waals surface area contributed by atoms with Gasteiger partial charge in [-0.2, -0.15) is 0 Å². The fourth-order valence-electron chi connectivity index (χ4n) is 3.38. The van der Waals surface area contributed by atoms with E-state index >= 15 is 0 Å². The topological polar surface area (TPSA) is 89.3 Å². The summed E-state index contributed by atoms with van der Waals surface area (Å²) in [4.78, 5) is 26.5. The van der Waals surface area contributed by atoms with Crippen LogP contribution in [-0.2, 0) is 9.53 Å². The number of carbonyl (C=O) groups excluding carboxylic acids is 2. The van der Waals surface area contributed by atoms with E-state index in [1.54, 1.807) is 42.5 Å². The Labute approximate surface area is 178 Å². The van der Waals surface area contributed by atoms with Gasteiger partial charge in [0.2, 0.25) is 16.2 Å². The van der Waals surface area contributed by atoms with Crippen molar-refractivity contribution in [2.45, 2.75) is 19.8 Å². The molecule has 8 nitrogen and oxygen atoms in total. The van der Waals surface area contributed by atoms with E-state index in [0.29, 0.717) is 17.9 Å². The first-order valence-electron chi connectivity index (χ1n) is 9.94. The Bertz CT molecular complexity index is 992. The van der Waals surface area contributed by atoms with Crippen LogP contribution in [0.2, 0.25) is 0 Å². The molecule has 3 heterocycles. The maximum absolute atomic E-state index is 12.6. The van der Waals surface area contributed by atoms with E-state index in [9.17, 15) is 9.59 Å². The first-order chi connectivity index (χ1) is 14.6. The Balaban J connectivity index is 1.30. The maximum atomic E-state index is 12.6. The largest absolute Gasteiger partial charge is 0.462 e. The minimum atomic E-state index is -0.362. The van der Waals surface area contributed by atoms with Gasteiger partial charge in [0.25, 0.3) is 0 Å². The molecule has 0 atom stereocenters. The molecule has 1 aliphatic heterocycles. The number of carbonyl (C=O) groups is 2. The van der Waals surface area contributed by atoms with E-state index in [0.717, 1.165) is 36.2 Å². The molecule has 1 amide bonds. The summed E-state index contributed by atoms with van der Waals surface area (Å²) in [6, 6.07) is 10.7. The minimum absolute atomic E-state index is 0.00355. The molecule has 0 aliphatic carbocycles. The van der Waals surface area contributed by atoms with Crippen LogP contribution in [0.4, 0.5) is 10.8 Å². The third-order valence-electron chi connectivity index (χ3n) is 5.03. The number of benzene rings is 1. The number of rotatable bonds is 6. The molecule has 0 unspecified atom stereocenters. The number of nitrogens with one attached hydrogen (secondary N) is 1.